The summed E-state index contributed by atoms with van der Waals surface area (Å²) < 4.78 is 0. The van der Waals surface area contributed by atoms with Gasteiger partial charge >= 0.3 is 0 Å². The minimum absolute atomic E-state index is 0. The van der Waals surface area contributed by atoms with Gasteiger partial charge in [-0.05, 0) is 25.0 Å². The molecule has 1 aromatic carbocycles. The maximum absolute atomic E-state index is 12.0. The fraction of sp³-hybridized carbons (Fsp3) is 0.500. The Morgan fingerprint density at radius 2 is 2.06 bits per heavy atom. The number of hydrogen-bond acceptors (Lipinski definition) is 2. The Kier molecular flexibility index (Phi) is 8.42. The molecule has 0 aromatic heterocycles. The molecule has 1 unspecified atom stereocenters. The Morgan fingerprint density at radius 1 is 1.39 bits per heavy atom. The van der Waals surface area contributed by atoms with Crippen molar-refractivity contribution in [2.75, 3.05) is 6.54 Å². The van der Waals surface area contributed by atoms with Crippen molar-refractivity contribution in [1.82, 2.24) is 5.32 Å². The maximum atomic E-state index is 12.0. The first kappa shape index (κ1) is 16.9. The second-order valence-electron chi connectivity index (χ2n) is 4.36. The van der Waals surface area contributed by atoms with E-state index in [1.807, 2.05) is 31.2 Å². The van der Waals surface area contributed by atoms with E-state index in [2.05, 4.69) is 12.2 Å². The predicted molar refractivity (Wildman–Crippen MR) is 78.3 cm³/mol. The van der Waals surface area contributed by atoms with Crippen LogP contribution in [0.25, 0.3) is 0 Å². The summed E-state index contributed by atoms with van der Waals surface area (Å²) in [7, 11) is 0. The number of carbonyl (C=O) groups is 1. The molecular formula is C14H23ClN2O. The molecule has 0 aliphatic carbocycles. The lowest BCUT2D eigenvalue weighted by atomic mass is 10.1. The summed E-state index contributed by atoms with van der Waals surface area (Å²) in [5, 5.41) is 2.99. The summed E-state index contributed by atoms with van der Waals surface area (Å²) in [5.41, 5.74) is 7.40. The van der Waals surface area contributed by atoms with Gasteiger partial charge < -0.3 is 11.1 Å². The fourth-order valence-electron chi connectivity index (χ4n) is 1.79. The van der Waals surface area contributed by atoms with Crippen LogP contribution in [-0.2, 0) is 0 Å². The minimum atomic E-state index is -0.0188. The van der Waals surface area contributed by atoms with Crippen molar-refractivity contribution >= 4 is 18.3 Å². The summed E-state index contributed by atoms with van der Waals surface area (Å²) >= 11 is 0. The van der Waals surface area contributed by atoms with E-state index in [1.165, 1.54) is 0 Å². The molecule has 0 heterocycles. The van der Waals surface area contributed by atoms with Crippen LogP contribution in [-0.4, -0.2) is 18.5 Å². The highest BCUT2D eigenvalue weighted by atomic mass is 35.5. The Balaban J connectivity index is 0.00000289. The summed E-state index contributed by atoms with van der Waals surface area (Å²) in [5.74, 6) is -0.0188. The molecule has 0 spiro atoms. The normalized spacial score (nSPS) is 11.5. The summed E-state index contributed by atoms with van der Waals surface area (Å²) in [6.07, 6.45) is 3.16. The standard InChI is InChI=1S/C14H22N2O.ClH/c1-3-4-8-12(10-15)16-14(17)13-9-6-5-7-11(13)2;/h5-7,9,12H,3-4,8,10,15H2,1-2H3,(H,16,17);1H. The molecule has 18 heavy (non-hydrogen) atoms. The molecule has 0 aliphatic heterocycles. The van der Waals surface area contributed by atoms with Crippen molar-refractivity contribution in [1.29, 1.82) is 0 Å². The molecule has 1 aromatic rings. The van der Waals surface area contributed by atoms with Crippen LogP contribution in [0.4, 0.5) is 0 Å². The van der Waals surface area contributed by atoms with Gasteiger partial charge in [0.15, 0.2) is 0 Å². The molecule has 0 saturated heterocycles. The lowest BCUT2D eigenvalue weighted by Gasteiger charge is -2.17. The molecule has 0 saturated carbocycles. The van der Waals surface area contributed by atoms with Crippen LogP contribution in [0.5, 0.6) is 0 Å². The third-order valence-electron chi connectivity index (χ3n) is 2.92. The quantitative estimate of drug-likeness (QED) is 0.835. The van der Waals surface area contributed by atoms with Crippen LogP contribution in [0.3, 0.4) is 0 Å². The van der Waals surface area contributed by atoms with Crippen molar-refractivity contribution in [3.8, 4) is 0 Å². The van der Waals surface area contributed by atoms with Crippen LogP contribution in [0.1, 0.15) is 42.1 Å². The Hall–Kier alpha value is -1.06. The van der Waals surface area contributed by atoms with E-state index in [-0.39, 0.29) is 24.4 Å². The van der Waals surface area contributed by atoms with Gasteiger partial charge in [-0.1, -0.05) is 38.0 Å². The summed E-state index contributed by atoms with van der Waals surface area (Å²) in [6, 6.07) is 7.69. The number of rotatable bonds is 6. The molecule has 0 bridgehead atoms. The average Bonchev–Trinajstić information content (AvgIpc) is 2.34. The first-order valence-corrected chi connectivity index (χ1v) is 6.25. The van der Waals surface area contributed by atoms with E-state index < -0.39 is 0 Å². The molecule has 3 nitrogen and oxygen atoms in total. The zero-order valence-corrected chi connectivity index (χ0v) is 11.9. The number of nitrogens with two attached hydrogens (primary N) is 1. The highest BCUT2D eigenvalue weighted by Gasteiger charge is 2.13. The van der Waals surface area contributed by atoms with Gasteiger partial charge in [-0.3, -0.25) is 4.79 Å². The molecule has 1 rings (SSSR count). The van der Waals surface area contributed by atoms with Crippen LogP contribution in [0, 0.1) is 6.92 Å². The number of aryl methyl sites for hydroxylation is 1. The molecule has 1 atom stereocenters. The first-order chi connectivity index (χ1) is 8.19. The highest BCUT2D eigenvalue weighted by molar-refractivity contribution is 5.95. The summed E-state index contributed by atoms with van der Waals surface area (Å²) in [6.45, 7) is 4.58. The van der Waals surface area contributed by atoms with Gasteiger partial charge in [-0.15, -0.1) is 12.4 Å². The molecule has 0 radical (unpaired) electrons. The van der Waals surface area contributed by atoms with Crippen LogP contribution >= 0.6 is 12.4 Å². The predicted octanol–water partition coefficient (Wildman–Crippen LogP) is 2.66. The number of amides is 1. The third-order valence-corrected chi connectivity index (χ3v) is 2.92. The van der Waals surface area contributed by atoms with Crippen molar-refractivity contribution in [3.05, 3.63) is 35.4 Å². The zero-order chi connectivity index (χ0) is 12.7. The monoisotopic (exact) mass is 270 g/mol. The molecule has 3 N–H and O–H groups in total. The van der Waals surface area contributed by atoms with Gasteiger partial charge in [0.2, 0.25) is 0 Å². The molecule has 1 amide bonds. The average molecular weight is 271 g/mol. The smallest absolute Gasteiger partial charge is 0.251 e. The first-order valence-electron chi connectivity index (χ1n) is 6.25. The molecule has 4 heteroatoms. The number of hydrogen-bond donors (Lipinski definition) is 2. The second-order valence-corrected chi connectivity index (χ2v) is 4.36. The van der Waals surface area contributed by atoms with E-state index >= 15 is 0 Å². The van der Waals surface area contributed by atoms with Gasteiger partial charge in [0.25, 0.3) is 5.91 Å². The van der Waals surface area contributed by atoms with Crippen molar-refractivity contribution in [3.63, 3.8) is 0 Å². The van der Waals surface area contributed by atoms with Crippen molar-refractivity contribution < 1.29 is 4.79 Å². The van der Waals surface area contributed by atoms with Gasteiger partial charge in [-0.2, -0.15) is 0 Å². The van der Waals surface area contributed by atoms with E-state index in [1.54, 1.807) is 0 Å². The van der Waals surface area contributed by atoms with Gasteiger partial charge in [-0.25, -0.2) is 0 Å². The molecular weight excluding hydrogens is 248 g/mol. The lowest BCUT2D eigenvalue weighted by molar-refractivity contribution is 0.0935. The van der Waals surface area contributed by atoms with E-state index in [0.717, 1.165) is 30.4 Å². The SMILES string of the molecule is CCCCC(CN)NC(=O)c1ccccc1C.Cl. The number of benzene rings is 1. The fourth-order valence-corrected chi connectivity index (χ4v) is 1.79. The lowest BCUT2D eigenvalue weighted by Crippen LogP contribution is -2.40. The Bertz CT molecular complexity index is 369. The zero-order valence-electron chi connectivity index (χ0n) is 11.1. The Labute approximate surface area is 116 Å². The van der Waals surface area contributed by atoms with E-state index in [0.29, 0.717) is 6.54 Å². The third kappa shape index (κ3) is 5.07. The molecule has 102 valence electrons. The summed E-state index contributed by atoms with van der Waals surface area (Å²) in [4.78, 5) is 12.0. The van der Waals surface area contributed by atoms with E-state index in [9.17, 15) is 4.79 Å². The number of carbonyl (C=O) groups excluding carboxylic acids is 1. The Morgan fingerprint density at radius 3 is 2.61 bits per heavy atom. The maximum Gasteiger partial charge on any atom is 0.251 e. The van der Waals surface area contributed by atoms with Gasteiger partial charge in [0.1, 0.15) is 0 Å². The topological polar surface area (TPSA) is 55.1 Å². The number of unbranched alkanes of at least 4 members (excludes halogenated alkanes) is 1. The molecule has 0 aliphatic rings. The largest absolute Gasteiger partial charge is 0.348 e. The second kappa shape index (κ2) is 8.95. The number of halogens is 1. The van der Waals surface area contributed by atoms with Crippen molar-refractivity contribution in [2.24, 2.45) is 5.73 Å². The highest BCUT2D eigenvalue weighted by Crippen LogP contribution is 2.08. The van der Waals surface area contributed by atoms with Crippen LogP contribution < -0.4 is 11.1 Å². The number of nitrogens with one attached hydrogen (secondary N) is 1. The van der Waals surface area contributed by atoms with Gasteiger partial charge in [0.05, 0.1) is 0 Å². The minimum Gasteiger partial charge on any atom is -0.348 e. The molecule has 0 fully saturated rings. The van der Waals surface area contributed by atoms with Crippen molar-refractivity contribution in [2.45, 2.75) is 39.2 Å². The van der Waals surface area contributed by atoms with Gasteiger partial charge in [0, 0.05) is 18.2 Å². The van der Waals surface area contributed by atoms with E-state index in [4.69, 9.17) is 5.73 Å². The van der Waals surface area contributed by atoms with Crippen LogP contribution in [0.2, 0.25) is 0 Å². The van der Waals surface area contributed by atoms with Crippen LogP contribution in [0.15, 0.2) is 24.3 Å².